The van der Waals surface area contributed by atoms with Crippen molar-refractivity contribution < 1.29 is 23.8 Å². The Balaban J connectivity index is 1.61. The molecule has 1 N–H and O–H groups in total. The van der Waals surface area contributed by atoms with E-state index in [2.05, 4.69) is 5.32 Å². The average Bonchev–Trinajstić information content (AvgIpc) is 2.76. The van der Waals surface area contributed by atoms with Crippen LogP contribution in [0.15, 0.2) is 66.7 Å². The second-order valence-electron chi connectivity index (χ2n) is 6.84. The highest BCUT2D eigenvalue weighted by molar-refractivity contribution is 5.96. The van der Waals surface area contributed by atoms with Gasteiger partial charge >= 0.3 is 0 Å². The van der Waals surface area contributed by atoms with Gasteiger partial charge in [-0.05, 0) is 80.6 Å². The zero-order valence-electron chi connectivity index (χ0n) is 17.8. The topological polar surface area (TPSA) is 73.9 Å². The Bertz CT molecular complexity index is 1040. The molecule has 0 spiro atoms. The van der Waals surface area contributed by atoms with Gasteiger partial charge in [0.25, 0.3) is 0 Å². The number of rotatable bonds is 9. The molecule has 0 aliphatic rings. The van der Waals surface area contributed by atoms with Crippen molar-refractivity contribution in [1.29, 1.82) is 0 Å². The van der Waals surface area contributed by atoms with E-state index in [4.69, 9.17) is 14.2 Å². The van der Waals surface area contributed by atoms with Gasteiger partial charge in [0.2, 0.25) is 5.91 Å². The lowest BCUT2D eigenvalue weighted by Crippen LogP contribution is -2.15. The van der Waals surface area contributed by atoms with Gasteiger partial charge in [0.1, 0.15) is 23.0 Å². The molecule has 0 bridgehead atoms. The molecule has 31 heavy (non-hydrogen) atoms. The maximum absolute atomic E-state index is 12.5. The summed E-state index contributed by atoms with van der Waals surface area (Å²) < 4.78 is 16.5. The number of benzene rings is 3. The quantitative estimate of drug-likeness (QED) is 0.478. The molecule has 0 radical (unpaired) electrons. The maximum Gasteiger partial charge on any atom is 0.228 e. The van der Waals surface area contributed by atoms with Crippen LogP contribution in [0, 0.1) is 0 Å². The van der Waals surface area contributed by atoms with Gasteiger partial charge in [-0.25, -0.2) is 0 Å². The Morgan fingerprint density at radius 1 is 0.871 bits per heavy atom. The minimum atomic E-state index is -0.209. The van der Waals surface area contributed by atoms with Gasteiger partial charge < -0.3 is 19.5 Å². The molecule has 0 unspecified atom stereocenters. The van der Waals surface area contributed by atoms with Crippen molar-refractivity contribution in [3.63, 3.8) is 0 Å². The van der Waals surface area contributed by atoms with Crippen LogP contribution in [0.4, 0.5) is 5.69 Å². The fraction of sp³-hybridized carbons (Fsp3) is 0.200. The molecular weight excluding hydrogens is 394 g/mol. The number of ketones is 1. The van der Waals surface area contributed by atoms with E-state index in [9.17, 15) is 9.59 Å². The first kappa shape index (κ1) is 21.9. The maximum atomic E-state index is 12.5. The first-order valence-electron chi connectivity index (χ1n) is 9.97. The highest BCUT2D eigenvalue weighted by atomic mass is 16.5. The molecule has 0 aliphatic carbocycles. The van der Waals surface area contributed by atoms with Crippen LogP contribution in [0.3, 0.4) is 0 Å². The van der Waals surface area contributed by atoms with E-state index in [0.29, 0.717) is 40.7 Å². The van der Waals surface area contributed by atoms with E-state index in [1.165, 1.54) is 14.0 Å². The van der Waals surface area contributed by atoms with Crippen LogP contribution >= 0.6 is 0 Å². The SMILES string of the molecule is CCOc1ccc(Oc2ccc(NC(=O)Cc3cc(C(C)=O)ccc3OC)cc2)cc1. The summed E-state index contributed by atoms with van der Waals surface area (Å²) in [5.41, 5.74) is 1.84. The molecule has 0 aromatic heterocycles. The Kier molecular flexibility index (Phi) is 7.27. The second kappa shape index (κ2) is 10.3. The third-order valence-electron chi connectivity index (χ3n) is 4.55. The summed E-state index contributed by atoms with van der Waals surface area (Å²) >= 11 is 0. The lowest BCUT2D eigenvalue weighted by atomic mass is 10.0. The monoisotopic (exact) mass is 419 g/mol. The van der Waals surface area contributed by atoms with Crippen molar-refractivity contribution in [2.45, 2.75) is 20.3 Å². The van der Waals surface area contributed by atoms with Crippen molar-refractivity contribution in [2.24, 2.45) is 0 Å². The zero-order valence-corrected chi connectivity index (χ0v) is 17.8. The first-order chi connectivity index (χ1) is 15.0. The van der Waals surface area contributed by atoms with Crippen LogP contribution < -0.4 is 19.5 Å². The molecule has 0 saturated heterocycles. The normalized spacial score (nSPS) is 10.3. The van der Waals surface area contributed by atoms with Crippen LogP contribution in [-0.4, -0.2) is 25.4 Å². The number of carbonyl (C=O) groups is 2. The Hall–Kier alpha value is -3.80. The second-order valence-corrected chi connectivity index (χ2v) is 6.84. The molecule has 0 fully saturated rings. The van der Waals surface area contributed by atoms with Crippen molar-refractivity contribution in [2.75, 3.05) is 19.0 Å². The van der Waals surface area contributed by atoms with E-state index in [1.807, 2.05) is 31.2 Å². The summed E-state index contributed by atoms with van der Waals surface area (Å²) in [5.74, 6) is 2.43. The van der Waals surface area contributed by atoms with Gasteiger partial charge in [-0.2, -0.15) is 0 Å². The highest BCUT2D eigenvalue weighted by Gasteiger charge is 2.12. The van der Waals surface area contributed by atoms with E-state index in [0.717, 1.165) is 5.75 Å². The molecule has 160 valence electrons. The lowest BCUT2D eigenvalue weighted by Gasteiger charge is -2.11. The van der Waals surface area contributed by atoms with Crippen LogP contribution in [0.25, 0.3) is 0 Å². The molecule has 6 nitrogen and oxygen atoms in total. The molecule has 3 aromatic carbocycles. The van der Waals surface area contributed by atoms with Gasteiger partial charge in [0.05, 0.1) is 20.1 Å². The number of ether oxygens (including phenoxy) is 3. The average molecular weight is 419 g/mol. The van der Waals surface area contributed by atoms with Crippen molar-refractivity contribution in [1.82, 2.24) is 0 Å². The molecule has 1 amide bonds. The number of amides is 1. The van der Waals surface area contributed by atoms with Gasteiger partial charge in [0, 0.05) is 16.8 Å². The number of nitrogens with one attached hydrogen (secondary N) is 1. The van der Waals surface area contributed by atoms with Gasteiger partial charge in [-0.1, -0.05) is 0 Å². The zero-order chi connectivity index (χ0) is 22.2. The number of Topliss-reactive ketones (excluding diaryl/α,β-unsaturated/α-hetero) is 1. The molecule has 3 rings (SSSR count). The van der Waals surface area contributed by atoms with Crippen LogP contribution in [0.5, 0.6) is 23.0 Å². The number of anilines is 1. The number of carbonyl (C=O) groups excluding carboxylic acids is 2. The Morgan fingerprint density at radius 2 is 1.48 bits per heavy atom. The first-order valence-corrected chi connectivity index (χ1v) is 9.97. The van der Waals surface area contributed by atoms with Crippen molar-refractivity contribution in [3.05, 3.63) is 77.9 Å². The predicted octanol–water partition coefficient (Wildman–Crippen LogP) is 5.27. The van der Waals surface area contributed by atoms with Crippen molar-refractivity contribution >= 4 is 17.4 Å². The fourth-order valence-electron chi connectivity index (χ4n) is 3.03. The van der Waals surface area contributed by atoms with Crippen LogP contribution in [0.1, 0.15) is 29.8 Å². The molecule has 6 heteroatoms. The summed E-state index contributed by atoms with van der Waals surface area (Å²) in [7, 11) is 1.53. The summed E-state index contributed by atoms with van der Waals surface area (Å²) in [6, 6.07) is 19.5. The number of hydrogen-bond donors (Lipinski definition) is 1. The molecule has 0 heterocycles. The van der Waals surface area contributed by atoms with E-state index >= 15 is 0 Å². The van der Waals surface area contributed by atoms with Crippen LogP contribution in [-0.2, 0) is 11.2 Å². The summed E-state index contributed by atoms with van der Waals surface area (Å²) in [6.45, 7) is 4.04. The number of hydrogen-bond acceptors (Lipinski definition) is 5. The standard InChI is InChI=1S/C25H25NO5/c1-4-30-21-10-12-23(13-11-21)31-22-8-6-20(7-9-22)26-25(28)16-19-15-18(17(2)27)5-14-24(19)29-3/h5-15H,4,16H2,1-3H3,(H,26,28). The van der Waals surface area contributed by atoms with E-state index in [1.54, 1.807) is 42.5 Å². The fourth-order valence-corrected chi connectivity index (χ4v) is 3.03. The molecule has 0 saturated carbocycles. The van der Waals surface area contributed by atoms with Gasteiger partial charge in [-0.15, -0.1) is 0 Å². The third-order valence-corrected chi connectivity index (χ3v) is 4.55. The highest BCUT2D eigenvalue weighted by Crippen LogP contribution is 2.26. The summed E-state index contributed by atoms with van der Waals surface area (Å²) in [5, 5.41) is 2.85. The van der Waals surface area contributed by atoms with Gasteiger partial charge in [0.15, 0.2) is 5.78 Å². The molecular formula is C25H25NO5. The van der Waals surface area contributed by atoms with Gasteiger partial charge in [-0.3, -0.25) is 9.59 Å². The minimum Gasteiger partial charge on any atom is -0.496 e. The Labute approximate surface area is 181 Å². The molecule has 0 atom stereocenters. The largest absolute Gasteiger partial charge is 0.496 e. The molecule has 0 aliphatic heterocycles. The summed E-state index contributed by atoms with van der Waals surface area (Å²) in [4.78, 5) is 24.1. The predicted molar refractivity (Wildman–Crippen MR) is 119 cm³/mol. The minimum absolute atomic E-state index is 0.0626. The Morgan fingerprint density at radius 3 is 2.06 bits per heavy atom. The smallest absolute Gasteiger partial charge is 0.228 e. The lowest BCUT2D eigenvalue weighted by molar-refractivity contribution is -0.115. The summed E-state index contributed by atoms with van der Waals surface area (Å²) in [6.07, 6.45) is 0.0920. The van der Waals surface area contributed by atoms with E-state index < -0.39 is 0 Å². The molecule has 3 aromatic rings. The van der Waals surface area contributed by atoms with Crippen LogP contribution in [0.2, 0.25) is 0 Å². The third kappa shape index (κ3) is 6.09. The van der Waals surface area contributed by atoms with Crippen molar-refractivity contribution in [3.8, 4) is 23.0 Å². The van der Waals surface area contributed by atoms with E-state index in [-0.39, 0.29) is 18.1 Å². The number of methoxy groups -OCH3 is 1.